The summed E-state index contributed by atoms with van der Waals surface area (Å²) in [6.07, 6.45) is 9.98. The largest absolute Gasteiger partial charge is 0.377 e. The summed E-state index contributed by atoms with van der Waals surface area (Å²) in [6, 6.07) is 7.58. The maximum Gasteiger partial charge on any atom is 0.0834 e. The Hall–Kier alpha value is -0.860. The Kier molecular flexibility index (Phi) is 4.66. The minimum atomic E-state index is 0.0506. The number of benzene rings is 1. The van der Waals surface area contributed by atoms with Crippen LogP contribution in [0.4, 0.5) is 0 Å². The smallest absolute Gasteiger partial charge is 0.0834 e. The first kappa shape index (κ1) is 15.1. The Morgan fingerprint density at radius 3 is 2.62 bits per heavy atom. The van der Waals surface area contributed by atoms with Crippen LogP contribution < -0.4 is 5.32 Å². The van der Waals surface area contributed by atoms with Crippen molar-refractivity contribution in [3.05, 3.63) is 34.9 Å². The van der Waals surface area contributed by atoms with E-state index in [9.17, 15) is 0 Å². The summed E-state index contributed by atoms with van der Waals surface area (Å²) in [5, 5.41) is 3.71. The number of nitrogens with one attached hydrogen (secondary N) is 1. The van der Waals surface area contributed by atoms with Crippen LogP contribution >= 0.6 is 0 Å². The highest BCUT2D eigenvalue weighted by Gasteiger charge is 2.41. The zero-order valence-corrected chi connectivity index (χ0v) is 13.6. The van der Waals surface area contributed by atoms with E-state index in [1.54, 1.807) is 11.1 Å². The van der Waals surface area contributed by atoms with Gasteiger partial charge in [-0.2, -0.15) is 0 Å². The number of hydrogen-bond donors (Lipinski definition) is 1. The SMILES string of the molecule is CCNC(Cc1ccc2c(c1)CCC2)C1(OC)CCCC1. The number of methoxy groups -OCH3 is 1. The minimum absolute atomic E-state index is 0.0506. The van der Waals surface area contributed by atoms with Crippen molar-refractivity contribution >= 4 is 0 Å². The monoisotopic (exact) mass is 287 g/mol. The zero-order chi connectivity index (χ0) is 14.7. The van der Waals surface area contributed by atoms with Crippen LogP contribution in [0.2, 0.25) is 0 Å². The molecule has 1 fully saturated rings. The summed E-state index contributed by atoms with van der Waals surface area (Å²) in [6.45, 7) is 3.22. The second-order valence-electron chi connectivity index (χ2n) is 6.75. The van der Waals surface area contributed by atoms with Crippen molar-refractivity contribution in [1.29, 1.82) is 0 Å². The molecule has 1 aromatic carbocycles. The second kappa shape index (κ2) is 6.50. The molecular weight excluding hydrogens is 258 g/mol. The molecule has 0 bridgehead atoms. The van der Waals surface area contributed by atoms with Gasteiger partial charge in [0.1, 0.15) is 0 Å². The molecule has 21 heavy (non-hydrogen) atoms. The maximum atomic E-state index is 6.02. The van der Waals surface area contributed by atoms with Gasteiger partial charge in [0.25, 0.3) is 0 Å². The normalized spacial score (nSPS) is 21.4. The van der Waals surface area contributed by atoms with Gasteiger partial charge in [-0.1, -0.05) is 38.0 Å². The van der Waals surface area contributed by atoms with E-state index < -0.39 is 0 Å². The lowest BCUT2D eigenvalue weighted by Crippen LogP contribution is -2.51. The molecule has 3 rings (SSSR count). The maximum absolute atomic E-state index is 6.02. The lowest BCUT2D eigenvalue weighted by molar-refractivity contribution is -0.0351. The van der Waals surface area contributed by atoms with Gasteiger partial charge in [0.2, 0.25) is 0 Å². The quantitative estimate of drug-likeness (QED) is 0.862. The first-order chi connectivity index (χ1) is 10.3. The second-order valence-corrected chi connectivity index (χ2v) is 6.75. The summed E-state index contributed by atoms with van der Waals surface area (Å²) in [7, 11) is 1.90. The Morgan fingerprint density at radius 2 is 1.90 bits per heavy atom. The van der Waals surface area contributed by atoms with E-state index >= 15 is 0 Å². The topological polar surface area (TPSA) is 21.3 Å². The molecule has 0 heterocycles. The van der Waals surface area contributed by atoms with E-state index in [1.807, 2.05) is 7.11 Å². The van der Waals surface area contributed by atoms with E-state index in [4.69, 9.17) is 4.74 Å². The van der Waals surface area contributed by atoms with Crippen molar-refractivity contribution in [1.82, 2.24) is 5.32 Å². The number of fused-ring (bicyclic) bond motifs is 1. The number of rotatable bonds is 6. The molecule has 1 N–H and O–H groups in total. The average Bonchev–Trinajstić information content (AvgIpc) is 3.16. The third-order valence-corrected chi connectivity index (χ3v) is 5.54. The van der Waals surface area contributed by atoms with Crippen LogP contribution in [-0.4, -0.2) is 25.3 Å². The first-order valence-electron chi connectivity index (χ1n) is 8.66. The van der Waals surface area contributed by atoms with E-state index in [2.05, 4.69) is 30.4 Å². The van der Waals surface area contributed by atoms with Crippen LogP contribution in [0, 0.1) is 0 Å². The van der Waals surface area contributed by atoms with E-state index in [-0.39, 0.29) is 5.60 Å². The fraction of sp³-hybridized carbons (Fsp3) is 0.684. The van der Waals surface area contributed by atoms with Crippen LogP contribution in [0.1, 0.15) is 55.7 Å². The highest BCUT2D eigenvalue weighted by atomic mass is 16.5. The third kappa shape index (κ3) is 3.02. The van der Waals surface area contributed by atoms with Crippen LogP contribution in [0.5, 0.6) is 0 Å². The number of likely N-dealkylation sites (N-methyl/N-ethyl adjacent to an activating group) is 1. The molecule has 2 aliphatic carbocycles. The van der Waals surface area contributed by atoms with Crippen molar-refractivity contribution in [2.24, 2.45) is 0 Å². The molecule has 2 heteroatoms. The van der Waals surface area contributed by atoms with Crippen molar-refractivity contribution in [3.8, 4) is 0 Å². The van der Waals surface area contributed by atoms with Gasteiger partial charge in [-0.15, -0.1) is 0 Å². The Morgan fingerprint density at radius 1 is 1.14 bits per heavy atom. The average molecular weight is 287 g/mol. The summed E-state index contributed by atoms with van der Waals surface area (Å²) in [4.78, 5) is 0. The molecular formula is C19H29NO. The van der Waals surface area contributed by atoms with Gasteiger partial charge in [-0.3, -0.25) is 0 Å². The molecule has 0 radical (unpaired) electrons. The van der Waals surface area contributed by atoms with Crippen LogP contribution in [0.3, 0.4) is 0 Å². The Balaban J connectivity index is 1.78. The summed E-state index contributed by atoms with van der Waals surface area (Å²) >= 11 is 0. The molecule has 116 valence electrons. The lowest BCUT2D eigenvalue weighted by Gasteiger charge is -2.37. The van der Waals surface area contributed by atoms with Gasteiger partial charge in [0.05, 0.1) is 5.60 Å². The molecule has 1 aromatic rings. The fourth-order valence-electron chi connectivity index (χ4n) is 4.35. The highest BCUT2D eigenvalue weighted by molar-refractivity contribution is 5.35. The molecule has 1 unspecified atom stereocenters. The predicted molar refractivity (Wildman–Crippen MR) is 87.8 cm³/mol. The third-order valence-electron chi connectivity index (χ3n) is 5.54. The molecule has 0 saturated heterocycles. The summed E-state index contributed by atoms with van der Waals surface area (Å²) in [5.74, 6) is 0. The van der Waals surface area contributed by atoms with Crippen LogP contribution in [-0.2, 0) is 24.0 Å². The molecule has 0 spiro atoms. The van der Waals surface area contributed by atoms with Gasteiger partial charge in [-0.05, 0) is 61.8 Å². The molecule has 1 saturated carbocycles. The summed E-state index contributed by atoms with van der Waals surface area (Å²) in [5.41, 5.74) is 4.68. The van der Waals surface area contributed by atoms with Crippen molar-refractivity contribution < 1.29 is 4.74 Å². The first-order valence-corrected chi connectivity index (χ1v) is 8.66. The summed E-state index contributed by atoms with van der Waals surface area (Å²) < 4.78 is 6.02. The van der Waals surface area contributed by atoms with Gasteiger partial charge >= 0.3 is 0 Å². The van der Waals surface area contributed by atoms with Gasteiger partial charge in [0, 0.05) is 13.2 Å². The van der Waals surface area contributed by atoms with Gasteiger partial charge in [-0.25, -0.2) is 0 Å². The fourth-order valence-corrected chi connectivity index (χ4v) is 4.35. The van der Waals surface area contributed by atoms with Crippen LogP contribution in [0.25, 0.3) is 0 Å². The Labute approximate surface area is 129 Å². The molecule has 2 aliphatic rings. The molecule has 2 nitrogen and oxygen atoms in total. The Bertz CT molecular complexity index is 476. The van der Waals surface area contributed by atoms with Gasteiger partial charge < -0.3 is 10.1 Å². The molecule has 0 aromatic heterocycles. The number of aryl methyl sites for hydroxylation is 2. The number of hydrogen-bond acceptors (Lipinski definition) is 2. The van der Waals surface area contributed by atoms with E-state index in [0.717, 1.165) is 13.0 Å². The molecule has 0 amide bonds. The standard InChI is InChI=1S/C19H29NO/c1-3-20-18(19(21-2)11-4-5-12-19)14-15-9-10-16-7-6-8-17(16)13-15/h9-10,13,18,20H,3-8,11-12,14H2,1-2H3. The van der Waals surface area contributed by atoms with Crippen molar-refractivity contribution in [3.63, 3.8) is 0 Å². The van der Waals surface area contributed by atoms with Crippen LogP contribution in [0.15, 0.2) is 18.2 Å². The number of ether oxygens (including phenoxy) is 1. The van der Waals surface area contributed by atoms with Crippen molar-refractivity contribution in [2.75, 3.05) is 13.7 Å². The van der Waals surface area contributed by atoms with Crippen molar-refractivity contribution in [2.45, 2.75) is 69.9 Å². The molecule has 0 aliphatic heterocycles. The zero-order valence-electron chi connectivity index (χ0n) is 13.6. The van der Waals surface area contributed by atoms with E-state index in [1.165, 1.54) is 50.5 Å². The van der Waals surface area contributed by atoms with E-state index in [0.29, 0.717) is 6.04 Å². The molecule has 1 atom stereocenters. The highest BCUT2D eigenvalue weighted by Crippen LogP contribution is 2.37. The minimum Gasteiger partial charge on any atom is -0.377 e. The lowest BCUT2D eigenvalue weighted by atomic mass is 9.86. The van der Waals surface area contributed by atoms with Gasteiger partial charge in [0.15, 0.2) is 0 Å². The predicted octanol–water partition coefficient (Wildman–Crippen LogP) is 3.66.